The predicted octanol–water partition coefficient (Wildman–Crippen LogP) is 5.47. The minimum atomic E-state index is -0.259. The van der Waals surface area contributed by atoms with Gasteiger partial charge in [0.05, 0.1) is 12.8 Å². The Kier molecular flexibility index (Phi) is 6.36. The third-order valence-electron chi connectivity index (χ3n) is 5.66. The lowest BCUT2D eigenvalue weighted by molar-refractivity contribution is 0.0955. The molecular weight excluding hydrogens is 398 g/mol. The summed E-state index contributed by atoms with van der Waals surface area (Å²) < 4.78 is 7.72. The van der Waals surface area contributed by atoms with Crippen molar-refractivity contribution in [3.8, 4) is 5.75 Å². The van der Waals surface area contributed by atoms with Gasteiger partial charge in [0, 0.05) is 34.3 Å². The zero-order valence-corrected chi connectivity index (χ0v) is 18.6. The number of benzene rings is 3. The number of aryl methyl sites for hydroxylation is 1. The molecule has 4 rings (SSSR count). The molecule has 5 nitrogen and oxygen atoms in total. The van der Waals surface area contributed by atoms with Crippen LogP contribution >= 0.6 is 0 Å². The number of nitrogens with zero attached hydrogens (tertiary/aromatic N) is 2. The van der Waals surface area contributed by atoms with Crippen LogP contribution in [0.25, 0.3) is 10.9 Å². The molecule has 1 aromatic heterocycles. The zero-order chi connectivity index (χ0) is 22.5. The fraction of sp³-hybridized carbons (Fsp3) is 0.185. The highest BCUT2D eigenvalue weighted by Crippen LogP contribution is 2.26. The molecule has 0 bridgehead atoms. The van der Waals surface area contributed by atoms with Gasteiger partial charge in [-0.25, -0.2) is 5.43 Å². The summed E-state index contributed by atoms with van der Waals surface area (Å²) >= 11 is 0. The highest BCUT2D eigenvalue weighted by molar-refractivity contribution is 6.02. The molecule has 0 unspecified atom stereocenters. The summed E-state index contributed by atoms with van der Waals surface area (Å²) in [5.41, 5.74) is 8.97. The van der Waals surface area contributed by atoms with E-state index in [2.05, 4.69) is 65.3 Å². The van der Waals surface area contributed by atoms with Crippen molar-refractivity contribution >= 4 is 23.0 Å². The lowest BCUT2D eigenvalue weighted by Crippen LogP contribution is -2.17. The van der Waals surface area contributed by atoms with Crippen LogP contribution in [0.3, 0.4) is 0 Å². The van der Waals surface area contributed by atoms with E-state index in [1.165, 1.54) is 11.1 Å². The van der Waals surface area contributed by atoms with Crippen LogP contribution in [-0.2, 0) is 6.54 Å². The summed E-state index contributed by atoms with van der Waals surface area (Å²) in [5.74, 6) is 0.482. The number of amides is 1. The van der Waals surface area contributed by atoms with Crippen molar-refractivity contribution in [2.45, 2.75) is 27.3 Å². The molecule has 0 radical (unpaired) electrons. The van der Waals surface area contributed by atoms with Crippen molar-refractivity contribution < 1.29 is 9.53 Å². The van der Waals surface area contributed by atoms with Gasteiger partial charge in [0.25, 0.3) is 5.91 Å². The average molecular weight is 426 g/mol. The van der Waals surface area contributed by atoms with Crippen molar-refractivity contribution in [1.82, 2.24) is 9.99 Å². The van der Waals surface area contributed by atoms with E-state index < -0.39 is 0 Å². The fourth-order valence-electron chi connectivity index (χ4n) is 3.87. The van der Waals surface area contributed by atoms with Crippen molar-refractivity contribution in [1.29, 1.82) is 0 Å². The van der Waals surface area contributed by atoms with Gasteiger partial charge in [0.2, 0.25) is 0 Å². The van der Waals surface area contributed by atoms with E-state index in [4.69, 9.17) is 4.74 Å². The first-order valence-corrected chi connectivity index (χ1v) is 10.8. The molecule has 0 fully saturated rings. The van der Waals surface area contributed by atoms with Crippen molar-refractivity contribution in [2.24, 2.45) is 5.10 Å². The van der Waals surface area contributed by atoms with Crippen LogP contribution in [0.5, 0.6) is 5.75 Å². The second-order valence-corrected chi connectivity index (χ2v) is 7.69. The van der Waals surface area contributed by atoms with Crippen LogP contribution in [0.2, 0.25) is 0 Å². The summed E-state index contributed by atoms with van der Waals surface area (Å²) in [4.78, 5) is 12.5. The number of nitrogens with one attached hydrogen (secondary N) is 1. The highest BCUT2D eigenvalue weighted by atomic mass is 16.5. The Bertz CT molecular complexity index is 1270. The molecule has 0 saturated heterocycles. The maximum Gasteiger partial charge on any atom is 0.271 e. The van der Waals surface area contributed by atoms with E-state index >= 15 is 0 Å². The SMILES string of the molecule is CCOc1ccc(C(=O)N/N=C/c2c(C)n(Cc3ccccc3C)c3ccccc23)cc1. The number of fused-ring (bicyclic) bond motifs is 1. The molecular formula is C27H27N3O2. The number of hydrazone groups is 1. The molecule has 0 aliphatic heterocycles. The molecule has 0 atom stereocenters. The third-order valence-corrected chi connectivity index (χ3v) is 5.66. The lowest BCUT2D eigenvalue weighted by atomic mass is 10.1. The van der Waals surface area contributed by atoms with Gasteiger partial charge in [-0.05, 0) is 62.2 Å². The first kappa shape index (κ1) is 21.4. The molecule has 4 aromatic rings. The largest absolute Gasteiger partial charge is 0.494 e. The van der Waals surface area contributed by atoms with Gasteiger partial charge < -0.3 is 9.30 Å². The minimum Gasteiger partial charge on any atom is -0.494 e. The maximum absolute atomic E-state index is 12.5. The minimum absolute atomic E-state index is 0.259. The molecule has 32 heavy (non-hydrogen) atoms. The Morgan fingerprint density at radius 1 is 1.00 bits per heavy atom. The summed E-state index contributed by atoms with van der Waals surface area (Å²) in [7, 11) is 0. The molecule has 0 aliphatic rings. The monoisotopic (exact) mass is 425 g/mol. The molecule has 0 spiro atoms. The van der Waals surface area contributed by atoms with Crippen LogP contribution in [0, 0.1) is 13.8 Å². The van der Waals surface area contributed by atoms with Gasteiger partial charge in [-0.15, -0.1) is 0 Å². The van der Waals surface area contributed by atoms with Gasteiger partial charge in [0.1, 0.15) is 5.75 Å². The van der Waals surface area contributed by atoms with Gasteiger partial charge >= 0.3 is 0 Å². The van der Waals surface area contributed by atoms with Gasteiger partial charge in [-0.1, -0.05) is 42.5 Å². The van der Waals surface area contributed by atoms with Crippen LogP contribution in [0.15, 0.2) is 77.9 Å². The van der Waals surface area contributed by atoms with Crippen molar-refractivity contribution in [3.63, 3.8) is 0 Å². The average Bonchev–Trinajstić information content (AvgIpc) is 3.07. The van der Waals surface area contributed by atoms with E-state index in [0.717, 1.165) is 34.5 Å². The Morgan fingerprint density at radius 2 is 1.72 bits per heavy atom. The third kappa shape index (κ3) is 4.42. The summed E-state index contributed by atoms with van der Waals surface area (Å²) in [5, 5.41) is 5.37. The number of rotatable bonds is 7. The van der Waals surface area contributed by atoms with E-state index in [0.29, 0.717) is 12.2 Å². The smallest absolute Gasteiger partial charge is 0.271 e. The van der Waals surface area contributed by atoms with Gasteiger partial charge in [-0.3, -0.25) is 4.79 Å². The van der Waals surface area contributed by atoms with Crippen LogP contribution in [0.1, 0.15) is 39.7 Å². The summed E-state index contributed by atoms with van der Waals surface area (Å²) in [6.07, 6.45) is 1.73. The maximum atomic E-state index is 12.5. The van der Waals surface area contributed by atoms with Crippen molar-refractivity contribution in [3.05, 3.63) is 101 Å². The molecule has 1 heterocycles. The lowest BCUT2D eigenvalue weighted by Gasteiger charge is -2.11. The van der Waals surface area contributed by atoms with E-state index in [1.54, 1.807) is 30.5 Å². The molecule has 0 aliphatic carbocycles. The van der Waals surface area contributed by atoms with Crippen LogP contribution in [-0.4, -0.2) is 23.3 Å². The Balaban J connectivity index is 1.58. The molecule has 1 N–H and O–H groups in total. The highest BCUT2D eigenvalue weighted by Gasteiger charge is 2.13. The summed E-state index contributed by atoms with van der Waals surface area (Å²) in [6.45, 7) is 7.52. The molecule has 162 valence electrons. The second-order valence-electron chi connectivity index (χ2n) is 7.69. The topological polar surface area (TPSA) is 55.6 Å². The Hall–Kier alpha value is -3.86. The number of para-hydroxylation sites is 1. The predicted molar refractivity (Wildman–Crippen MR) is 130 cm³/mol. The zero-order valence-electron chi connectivity index (χ0n) is 18.6. The van der Waals surface area contributed by atoms with E-state index in [9.17, 15) is 4.79 Å². The Labute approximate surface area is 188 Å². The van der Waals surface area contributed by atoms with Crippen LogP contribution < -0.4 is 10.2 Å². The first-order chi connectivity index (χ1) is 15.6. The van der Waals surface area contributed by atoms with Crippen LogP contribution in [0.4, 0.5) is 0 Å². The second kappa shape index (κ2) is 9.52. The first-order valence-electron chi connectivity index (χ1n) is 10.8. The quantitative estimate of drug-likeness (QED) is 0.315. The van der Waals surface area contributed by atoms with Gasteiger partial charge in [0.15, 0.2) is 0 Å². The molecule has 0 saturated carbocycles. The molecule has 5 heteroatoms. The Morgan fingerprint density at radius 3 is 2.47 bits per heavy atom. The molecule has 3 aromatic carbocycles. The fourth-order valence-corrected chi connectivity index (χ4v) is 3.87. The number of aromatic nitrogens is 1. The number of ether oxygens (including phenoxy) is 1. The standard InChI is InChI=1S/C27H27N3O2/c1-4-32-23-15-13-21(14-16-23)27(31)29-28-17-25-20(3)30(26-12-8-7-11-24(25)26)18-22-10-6-5-9-19(22)2/h5-17H,4,18H2,1-3H3,(H,29,31)/b28-17+. The number of hydrogen-bond acceptors (Lipinski definition) is 3. The number of carbonyl (C=O) groups excluding carboxylic acids is 1. The van der Waals surface area contributed by atoms with Gasteiger partial charge in [-0.2, -0.15) is 5.10 Å². The normalized spacial score (nSPS) is 11.2. The van der Waals surface area contributed by atoms with E-state index in [1.807, 2.05) is 19.1 Å². The molecule has 1 amide bonds. The summed E-state index contributed by atoms with van der Waals surface area (Å²) in [6, 6.07) is 23.7. The number of hydrogen-bond donors (Lipinski definition) is 1. The number of carbonyl (C=O) groups is 1. The van der Waals surface area contributed by atoms with Crippen molar-refractivity contribution in [2.75, 3.05) is 6.61 Å². The van der Waals surface area contributed by atoms with E-state index in [-0.39, 0.29) is 5.91 Å².